The van der Waals surface area contributed by atoms with Crippen molar-refractivity contribution >= 4 is 24.9 Å². The molecule has 0 N–H and O–H groups in total. The topological polar surface area (TPSA) is 80.3 Å². The summed E-state index contributed by atoms with van der Waals surface area (Å²) in [5, 5.41) is 1.30. The molecule has 0 heterocycles. The number of hydrogen-bond acceptors (Lipinski definition) is 4. The fourth-order valence-corrected chi connectivity index (χ4v) is 11.0. The molecule has 0 saturated heterocycles. The highest BCUT2D eigenvalue weighted by Gasteiger charge is 2.46. The van der Waals surface area contributed by atoms with Crippen LogP contribution in [0.2, 0.25) is 0 Å². The van der Waals surface area contributed by atoms with Gasteiger partial charge >= 0.3 is 0 Å². The lowest BCUT2D eigenvalue weighted by Crippen LogP contribution is -2.29. The largest absolute Gasteiger partial charge is 0.759 e. The summed E-state index contributed by atoms with van der Waals surface area (Å²) < 4.78 is 34.1. The molecule has 0 atom stereocenters. The van der Waals surface area contributed by atoms with Crippen molar-refractivity contribution in [3.8, 4) is 0 Å². The van der Waals surface area contributed by atoms with Crippen LogP contribution >= 0.6 is 14.5 Å². The third-order valence-corrected chi connectivity index (χ3v) is 20.5. The van der Waals surface area contributed by atoms with E-state index in [0.29, 0.717) is 10.3 Å². The lowest BCUT2D eigenvalue weighted by molar-refractivity contribution is 0.352. The van der Waals surface area contributed by atoms with Crippen LogP contribution in [0.5, 0.6) is 0 Å². The van der Waals surface area contributed by atoms with Crippen molar-refractivity contribution in [2.75, 3.05) is 38.0 Å². The van der Waals surface area contributed by atoms with E-state index in [2.05, 4.69) is 82.6 Å². The van der Waals surface area contributed by atoms with Gasteiger partial charge in [-0.25, -0.2) is 0 Å². The molecule has 0 amide bonds. The molecule has 4 nitrogen and oxygen atoms in total. The van der Waals surface area contributed by atoms with Gasteiger partial charge in [0.05, 0.1) is 35.0 Å². The molecule has 0 unspecified atom stereocenters. The molecule has 7 heteroatoms. The van der Waals surface area contributed by atoms with Crippen LogP contribution in [-0.2, 0) is 10.4 Å². The molecule has 180 valence electrons. The Morgan fingerprint density at radius 2 is 0.724 bits per heavy atom. The Hall–Kier alpha value is 0.730. The maximum absolute atomic E-state index is 8.52. The summed E-state index contributed by atoms with van der Waals surface area (Å²) in [6.07, 6.45) is 11.1. The maximum atomic E-state index is 8.52. The van der Waals surface area contributed by atoms with Gasteiger partial charge in [-0.05, 0) is 67.2 Å². The van der Waals surface area contributed by atoms with Gasteiger partial charge in [-0.15, -0.1) is 0 Å². The molecule has 0 spiro atoms. The summed E-state index contributed by atoms with van der Waals surface area (Å²) in [5.41, 5.74) is 0. The smallest absolute Gasteiger partial charge is 0.0763 e. The van der Waals surface area contributed by atoms with Crippen LogP contribution in [0.3, 0.4) is 0 Å². The van der Waals surface area contributed by atoms with Gasteiger partial charge in [0, 0.05) is 38.3 Å². The first kappa shape index (κ1) is 34.3. The first-order chi connectivity index (χ1) is 13.0. The Morgan fingerprint density at radius 3 is 0.759 bits per heavy atom. The molecule has 0 fully saturated rings. The van der Waals surface area contributed by atoms with Gasteiger partial charge in [-0.3, -0.25) is 8.42 Å². The first-order valence-corrected chi connectivity index (χ1v) is 17.9. The van der Waals surface area contributed by atoms with Crippen LogP contribution in [0.4, 0.5) is 0 Å². The fraction of sp³-hybridized carbons (Fsp3) is 1.00. The van der Waals surface area contributed by atoms with E-state index in [0.717, 1.165) is 0 Å². The van der Waals surface area contributed by atoms with Crippen LogP contribution in [-0.4, -0.2) is 65.8 Å². The summed E-state index contributed by atoms with van der Waals surface area (Å²) in [6, 6.07) is 0. The molecule has 0 radical (unpaired) electrons. The van der Waals surface area contributed by atoms with Gasteiger partial charge in [0.1, 0.15) is 0 Å². The van der Waals surface area contributed by atoms with E-state index in [1.165, 1.54) is 50.3 Å². The quantitative estimate of drug-likeness (QED) is 0.191. The molecule has 0 aromatic rings. The second kappa shape index (κ2) is 14.7. The third kappa shape index (κ3) is 11.2. The molecule has 0 aliphatic rings. The van der Waals surface area contributed by atoms with Crippen molar-refractivity contribution in [3.63, 3.8) is 0 Å². The van der Waals surface area contributed by atoms with E-state index in [-0.39, 0.29) is 0 Å². The van der Waals surface area contributed by atoms with E-state index in [4.69, 9.17) is 17.5 Å². The van der Waals surface area contributed by atoms with Gasteiger partial charge in [0.25, 0.3) is 0 Å². The van der Waals surface area contributed by atoms with E-state index in [1.54, 1.807) is 0 Å². The zero-order valence-corrected chi connectivity index (χ0v) is 24.2. The minimum Gasteiger partial charge on any atom is -0.759 e. The van der Waals surface area contributed by atoms with Gasteiger partial charge in [-0.2, -0.15) is 0 Å². The Morgan fingerprint density at radius 1 is 0.586 bits per heavy atom. The normalized spacial score (nSPS) is 13.2. The van der Waals surface area contributed by atoms with Crippen LogP contribution in [0.25, 0.3) is 0 Å². The maximum Gasteiger partial charge on any atom is 0.0763 e. The van der Waals surface area contributed by atoms with E-state index in [1.807, 2.05) is 0 Å². The molecule has 0 bridgehead atoms. The summed E-state index contributed by atoms with van der Waals surface area (Å²) in [7, 11) is -6.47. The van der Waals surface area contributed by atoms with Gasteiger partial charge in [0.2, 0.25) is 0 Å². The molecule has 0 aliphatic carbocycles. The summed E-state index contributed by atoms with van der Waals surface area (Å²) >= 11 is 0. The van der Waals surface area contributed by atoms with Crippen molar-refractivity contribution in [1.29, 1.82) is 0 Å². The van der Waals surface area contributed by atoms with E-state index in [9.17, 15) is 0 Å². The molecule has 0 aromatic carbocycles. The zero-order chi connectivity index (χ0) is 24.2. The molecular formula is C22H52O4P2S. The van der Waals surface area contributed by atoms with Crippen LogP contribution in [0.15, 0.2) is 0 Å². The van der Waals surface area contributed by atoms with Crippen molar-refractivity contribution in [3.05, 3.63) is 0 Å². The molecule has 0 rings (SSSR count). The Kier molecular flexibility index (Phi) is 17.4. The van der Waals surface area contributed by atoms with E-state index < -0.39 is 24.9 Å². The van der Waals surface area contributed by atoms with Crippen LogP contribution in [0, 0.1) is 0 Å². The molecule has 0 aromatic heterocycles. The highest BCUT2D eigenvalue weighted by molar-refractivity contribution is 7.79. The van der Waals surface area contributed by atoms with Gasteiger partial charge in [-0.1, -0.05) is 27.7 Å². The third-order valence-electron chi connectivity index (χ3n) is 8.45. The highest BCUT2D eigenvalue weighted by atomic mass is 32.3. The number of hydrogen-bond donors (Lipinski definition) is 0. The molecule has 0 saturated carbocycles. The lowest BCUT2D eigenvalue weighted by Gasteiger charge is -2.38. The molecule has 29 heavy (non-hydrogen) atoms. The standard InChI is InChI=1S/2C11H26P.H2O4S/c2*1-7-11(5,8-2)12(6,9-3)10-4;1-5(2,3)4/h2*7-10H2,1-6H3;(H2,1,2,3,4)/q2*+1;/p-2. The Balaban J connectivity index is -0.000000380. The average Bonchev–Trinajstić information content (AvgIpc) is 2.70. The SMILES string of the molecule is CCC(C)(CC)[P+](C)(CC)CC.CCC(C)(CC)[P+](C)(CC)CC.O=S(=O)([O-])[O-]. The minimum atomic E-state index is -5.17. The van der Waals surface area contributed by atoms with Crippen LogP contribution < -0.4 is 0 Å². The zero-order valence-electron chi connectivity index (χ0n) is 21.6. The second-order valence-corrected chi connectivity index (χ2v) is 20.0. The van der Waals surface area contributed by atoms with Crippen molar-refractivity contribution in [2.45, 2.75) is 105 Å². The van der Waals surface area contributed by atoms with Crippen molar-refractivity contribution in [1.82, 2.24) is 0 Å². The predicted molar refractivity (Wildman–Crippen MR) is 136 cm³/mol. The van der Waals surface area contributed by atoms with Gasteiger partial charge in [0.15, 0.2) is 0 Å². The predicted octanol–water partition coefficient (Wildman–Crippen LogP) is 7.17. The van der Waals surface area contributed by atoms with Gasteiger partial charge < -0.3 is 9.11 Å². The lowest BCUT2D eigenvalue weighted by atomic mass is 10.1. The Labute approximate surface area is 185 Å². The van der Waals surface area contributed by atoms with Crippen molar-refractivity contribution in [2.24, 2.45) is 0 Å². The van der Waals surface area contributed by atoms with E-state index >= 15 is 0 Å². The molecule has 0 aliphatic heterocycles. The van der Waals surface area contributed by atoms with Crippen molar-refractivity contribution < 1.29 is 17.5 Å². The summed E-state index contributed by atoms with van der Waals surface area (Å²) in [4.78, 5) is 0. The van der Waals surface area contributed by atoms with Crippen LogP contribution in [0.1, 0.15) is 94.9 Å². The first-order valence-electron chi connectivity index (χ1n) is 11.3. The Bertz CT molecular complexity index is 433. The summed E-state index contributed by atoms with van der Waals surface area (Å²) in [6.45, 7) is 29.0. The highest BCUT2D eigenvalue weighted by Crippen LogP contribution is 2.68. The fourth-order valence-electron chi connectivity index (χ4n) is 4.00. The number of rotatable bonds is 10. The average molecular weight is 475 g/mol. The second-order valence-electron chi connectivity index (χ2n) is 8.87. The minimum absolute atomic E-state index is 0.649. The summed E-state index contributed by atoms with van der Waals surface area (Å²) in [5.74, 6) is 0. The molecular weight excluding hydrogens is 422 g/mol. The monoisotopic (exact) mass is 474 g/mol.